The van der Waals surface area contributed by atoms with Crippen molar-refractivity contribution in [3.8, 4) is 22.5 Å². The van der Waals surface area contributed by atoms with Crippen LogP contribution in [0.1, 0.15) is 11.1 Å². The first kappa shape index (κ1) is 33.3. The van der Waals surface area contributed by atoms with Crippen molar-refractivity contribution in [1.82, 2.24) is 13.5 Å². The molecule has 0 unspecified atom stereocenters. The lowest BCUT2D eigenvalue weighted by atomic mass is 9.93. The van der Waals surface area contributed by atoms with E-state index in [2.05, 4.69) is 180 Å². The number of fused-ring (bicyclic) bond motifs is 13. The van der Waals surface area contributed by atoms with Gasteiger partial charge in [0.25, 0.3) is 5.56 Å². The molecule has 0 saturated carbocycles. The first-order valence-electron chi connectivity index (χ1n) is 20.2. The van der Waals surface area contributed by atoms with Crippen molar-refractivity contribution in [1.29, 1.82) is 0 Å². The van der Waals surface area contributed by atoms with Crippen LogP contribution in [0.4, 0.5) is 0 Å². The summed E-state index contributed by atoms with van der Waals surface area (Å²) in [6, 6.07) is 59.1. The fourth-order valence-corrected chi connectivity index (χ4v) is 11.6. The van der Waals surface area contributed by atoms with Gasteiger partial charge in [0.2, 0.25) is 0 Å². The SMILES string of the molecule is C=Cc1c(C=C)c2ccc(-c3ccc(-n4c5ccccc5c5ccc6c7ccccc7n(-c7ccccc7)c6c54)c4c3sc3ccccc34)c3c4ccccc4n(c1=O)c23. The predicted molar refractivity (Wildman–Crippen MR) is 257 cm³/mol. The summed E-state index contributed by atoms with van der Waals surface area (Å²) in [6.07, 6.45) is 3.46. The third-order valence-corrected chi connectivity index (χ3v) is 14.0. The van der Waals surface area contributed by atoms with Gasteiger partial charge in [-0.3, -0.25) is 9.20 Å². The maximum Gasteiger partial charge on any atom is 0.263 e. The van der Waals surface area contributed by atoms with Crippen molar-refractivity contribution < 1.29 is 0 Å². The molecule has 0 atom stereocenters. The zero-order valence-corrected chi connectivity index (χ0v) is 33.1. The van der Waals surface area contributed by atoms with Crippen LogP contribution in [-0.2, 0) is 0 Å². The van der Waals surface area contributed by atoms with Crippen molar-refractivity contribution in [2.75, 3.05) is 0 Å². The Morgan fingerprint density at radius 3 is 1.72 bits per heavy atom. The van der Waals surface area contributed by atoms with Gasteiger partial charge in [0, 0.05) is 74.7 Å². The van der Waals surface area contributed by atoms with Gasteiger partial charge < -0.3 is 9.13 Å². The number of benzene rings is 8. The highest BCUT2D eigenvalue weighted by Gasteiger charge is 2.26. The molecule has 0 aliphatic rings. The summed E-state index contributed by atoms with van der Waals surface area (Å²) in [4.78, 5) is 14.3. The molecule has 5 heteroatoms. The number of aromatic nitrogens is 3. The molecule has 13 aromatic rings. The highest BCUT2D eigenvalue weighted by Crippen LogP contribution is 2.49. The van der Waals surface area contributed by atoms with Crippen LogP contribution in [0.2, 0.25) is 0 Å². The topological polar surface area (TPSA) is 31.3 Å². The van der Waals surface area contributed by atoms with Gasteiger partial charge in [-0.05, 0) is 53.6 Å². The Morgan fingerprint density at radius 1 is 0.433 bits per heavy atom. The monoisotopic (exact) mass is 783 g/mol. The Morgan fingerprint density at radius 2 is 1.00 bits per heavy atom. The summed E-state index contributed by atoms with van der Waals surface area (Å²) in [5, 5.41) is 10.4. The minimum absolute atomic E-state index is 0.0799. The van der Waals surface area contributed by atoms with Crippen LogP contribution < -0.4 is 5.56 Å². The molecule has 0 amide bonds. The van der Waals surface area contributed by atoms with Gasteiger partial charge in [-0.25, -0.2) is 0 Å². The van der Waals surface area contributed by atoms with E-state index in [-0.39, 0.29) is 5.56 Å². The van der Waals surface area contributed by atoms with E-state index >= 15 is 0 Å². The van der Waals surface area contributed by atoms with Gasteiger partial charge in [0.05, 0.1) is 38.8 Å². The van der Waals surface area contributed by atoms with E-state index in [1.165, 1.54) is 58.3 Å². The molecule has 280 valence electrons. The van der Waals surface area contributed by atoms with Crippen LogP contribution in [0, 0.1) is 0 Å². The van der Waals surface area contributed by atoms with Crippen LogP contribution in [0.5, 0.6) is 0 Å². The van der Waals surface area contributed by atoms with Crippen LogP contribution >= 0.6 is 11.3 Å². The molecule has 0 N–H and O–H groups in total. The van der Waals surface area contributed by atoms with Gasteiger partial charge in [-0.1, -0.05) is 147 Å². The van der Waals surface area contributed by atoms with Crippen LogP contribution in [-0.4, -0.2) is 13.5 Å². The summed E-state index contributed by atoms with van der Waals surface area (Å²) in [5.41, 5.74) is 12.3. The minimum Gasteiger partial charge on any atom is -0.307 e. The number of nitrogens with zero attached hydrogens (tertiary/aromatic N) is 3. The zero-order valence-electron chi connectivity index (χ0n) is 32.3. The normalized spacial score (nSPS) is 12.2. The fourth-order valence-electron chi connectivity index (χ4n) is 10.4. The molecule has 0 aliphatic carbocycles. The lowest BCUT2D eigenvalue weighted by Gasteiger charge is -2.16. The second kappa shape index (κ2) is 12.1. The lowest BCUT2D eigenvalue weighted by molar-refractivity contribution is 1.16. The van der Waals surface area contributed by atoms with Crippen molar-refractivity contribution in [2.24, 2.45) is 0 Å². The summed E-state index contributed by atoms with van der Waals surface area (Å²) in [7, 11) is 0. The molecular formula is C55H33N3OS. The predicted octanol–water partition coefficient (Wildman–Crippen LogP) is 14.6. The van der Waals surface area contributed by atoms with E-state index < -0.39 is 0 Å². The molecule has 5 heterocycles. The van der Waals surface area contributed by atoms with Crippen LogP contribution in [0.3, 0.4) is 0 Å². The molecule has 0 bridgehead atoms. The van der Waals surface area contributed by atoms with Gasteiger partial charge >= 0.3 is 0 Å². The van der Waals surface area contributed by atoms with E-state index in [0.29, 0.717) is 5.56 Å². The summed E-state index contributed by atoms with van der Waals surface area (Å²) >= 11 is 1.84. The molecule has 5 aromatic heterocycles. The maximum atomic E-state index is 14.3. The number of pyridine rings is 1. The van der Waals surface area contributed by atoms with E-state index in [9.17, 15) is 4.79 Å². The highest BCUT2D eigenvalue weighted by molar-refractivity contribution is 7.26. The molecule has 4 nitrogen and oxygen atoms in total. The fraction of sp³-hybridized carbons (Fsp3) is 0. The molecule has 0 radical (unpaired) electrons. The number of hydrogen-bond acceptors (Lipinski definition) is 2. The molecule has 8 aromatic carbocycles. The van der Waals surface area contributed by atoms with Crippen molar-refractivity contribution in [3.05, 3.63) is 198 Å². The first-order valence-corrected chi connectivity index (χ1v) is 21.0. The molecule has 0 aliphatic heterocycles. The van der Waals surface area contributed by atoms with E-state index in [4.69, 9.17) is 0 Å². The van der Waals surface area contributed by atoms with Gasteiger partial charge in [-0.2, -0.15) is 0 Å². The van der Waals surface area contributed by atoms with Gasteiger partial charge in [-0.15, -0.1) is 11.3 Å². The quantitative estimate of drug-likeness (QED) is 0.171. The second-order valence-electron chi connectivity index (χ2n) is 15.6. The largest absolute Gasteiger partial charge is 0.307 e. The van der Waals surface area contributed by atoms with Gasteiger partial charge in [0.1, 0.15) is 0 Å². The maximum absolute atomic E-state index is 14.3. The molecule has 0 fully saturated rings. The van der Waals surface area contributed by atoms with Crippen LogP contribution in [0.25, 0.3) is 126 Å². The lowest BCUT2D eigenvalue weighted by Crippen LogP contribution is -2.17. The third kappa shape index (κ3) is 4.16. The Balaban J connectivity index is 1.21. The minimum atomic E-state index is -0.0799. The molecule has 13 rings (SSSR count). The van der Waals surface area contributed by atoms with Crippen molar-refractivity contribution in [2.45, 2.75) is 0 Å². The summed E-state index contributed by atoms with van der Waals surface area (Å²) in [6.45, 7) is 8.17. The Kier molecular flexibility index (Phi) is 6.74. The molecule has 0 saturated heterocycles. The number of hydrogen-bond donors (Lipinski definition) is 0. The molecule has 60 heavy (non-hydrogen) atoms. The Bertz CT molecular complexity index is 4060. The molecular weight excluding hydrogens is 751 g/mol. The molecule has 0 spiro atoms. The average molecular weight is 784 g/mol. The Hall–Kier alpha value is -7.73. The van der Waals surface area contributed by atoms with Crippen molar-refractivity contribution in [3.63, 3.8) is 0 Å². The summed E-state index contributed by atoms with van der Waals surface area (Å²) < 4.78 is 9.29. The zero-order chi connectivity index (χ0) is 39.8. The smallest absolute Gasteiger partial charge is 0.263 e. The van der Waals surface area contributed by atoms with Crippen LogP contribution in [0.15, 0.2) is 182 Å². The van der Waals surface area contributed by atoms with Gasteiger partial charge in [0.15, 0.2) is 0 Å². The standard InChI is InChI=1S/C55H33N3OS/c1-3-33-34(4-2)55(59)58-46-24-14-10-20-42(46)49-37(26-27-38(33)51(49)58)41-30-31-47(50-43-21-11-15-25-48(43)60-54(41)50)57-45-23-13-9-19-36(45)40-29-28-39-35-18-8-12-22-44(35)56(52(39)53(40)57)32-16-6-5-7-17-32/h3-31H,1-2H2. The third-order valence-electron chi connectivity index (χ3n) is 12.8. The number of para-hydroxylation sites is 4. The second-order valence-corrected chi connectivity index (χ2v) is 16.7. The van der Waals surface area contributed by atoms with Crippen molar-refractivity contribution >= 4 is 114 Å². The van der Waals surface area contributed by atoms with E-state index in [1.807, 2.05) is 21.8 Å². The number of thiophene rings is 1. The Labute approximate surface area is 347 Å². The van der Waals surface area contributed by atoms with E-state index in [1.54, 1.807) is 12.2 Å². The first-order chi connectivity index (χ1) is 29.7. The average Bonchev–Trinajstić information content (AvgIpc) is 4.05. The highest BCUT2D eigenvalue weighted by atomic mass is 32.1. The van der Waals surface area contributed by atoms with E-state index in [0.717, 1.165) is 60.8 Å². The number of rotatable bonds is 5. The summed E-state index contributed by atoms with van der Waals surface area (Å²) in [5.74, 6) is 0.